The number of amides is 1. The van der Waals surface area contributed by atoms with Crippen LogP contribution in [0.1, 0.15) is 29.5 Å². The predicted molar refractivity (Wildman–Crippen MR) is 118 cm³/mol. The normalized spacial score (nSPS) is 16.3. The zero-order chi connectivity index (χ0) is 20.7. The fraction of sp³-hybridized carbons (Fsp3) is 0.391. The predicted octanol–water partition coefficient (Wildman–Crippen LogP) is 4.17. The lowest BCUT2D eigenvalue weighted by Crippen LogP contribution is -2.40. The Bertz CT molecular complexity index is 1100. The highest BCUT2D eigenvalue weighted by molar-refractivity contribution is 7.22. The van der Waals surface area contributed by atoms with Crippen molar-refractivity contribution in [3.05, 3.63) is 47.0 Å². The molecular weight excluding hydrogens is 398 g/mol. The van der Waals surface area contributed by atoms with E-state index in [4.69, 9.17) is 14.5 Å². The number of aromatic nitrogens is 1. The molecular formula is C23H25N3O3S. The number of aryl methyl sites for hydroxylation is 2. The minimum Gasteiger partial charge on any atom is -0.454 e. The van der Waals surface area contributed by atoms with E-state index < -0.39 is 0 Å². The maximum absolute atomic E-state index is 12.7. The number of carbonyl (C=O) groups excluding carboxylic acids is 1. The van der Waals surface area contributed by atoms with E-state index in [0.29, 0.717) is 6.54 Å². The van der Waals surface area contributed by atoms with Crippen molar-refractivity contribution in [1.29, 1.82) is 0 Å². The lowest BCUT2D eigenvalue weighted by Gasteiger charge is -2.31. The van der Waals surface area contributed by atoms with Crippen molar-refractivity contribution in [2.75, 3.05) is 24.8 Å². The van der Waals surface area contributed by atoms with Gasteiger partial charge in [-0.25, -0.2) is 4.98 Å². The first-order chi connectivity index (χ1) is 14.6. The first-order valence-corrected chi connectivity index (χ1v) is 11.2. The molecule has 3 heterocycles. The molecule has 0 bridgehead atoms. The van der Waals surface area contributed by atoms with Gasteiger partial charge < -0.3 is 19.7 Å². The van der Waals surface area contributed by atoms with Gasteiger partial charge in [0.2, 0.25) is 12.7 Å². The topological polar surface area (TPSA) is 63.7 Å². The van der Waals surface area contributed by atoms with Gasteiger partial charge in [-0.2, -0.15) is 0 Å². The summed E-state index contributed by atoms with van der Waals surface area (Å²) in [7, 11) is 0. The fourth-order valence-corrected chi connectivity index (χ4v) is 5.40. The highest BCUT2D eigenvalue weighted by atomic mass is 32.1. The van der Waals surface area contributed by atoms with E-state index in [1.54, 1.807) is 11.3 Å². The number of ether oxygens (including phenoxy) is 2. The maximum Gasteiger partial charge on any atom is 0.231 e. The molecule has 2 aromatic carbocycles. The quantitative estimate of drug-likeness (QED) is 0.682. The number of thiazole rings is 1. The summed E-state index contributed by atoms with van der Waals surface area (Å²) in [6.07, 6.45) is 1.70. The van der Waals surface area contributed by atoms with Crippen LogP contribution < -0.4 is 19.7 Å². The third kappa shape index (κ3) is 3.69. The van der Waals surface area contributed by atoms with Crippen LogP contribution in [0, 0.1) is 19.8 Å². The Morgan fingerprint density at radius 3 is 2.80 bits per heavy atom. The minimum atomic E-state index is 0.0496. The fourth-order valence-electron chi connectivity index (χ4n) is 4.21. The van der Waals surface area contributed by atoms with Crippen LogP contribution in [-0.4, -0.2) is 30.8 Å². The Hall–Kier alpha value is -2.80. The molecule has 5 rings (SSSR count). The lowest BCUT2D eigenvalue weighted by molar-refractivity contribution is -0.125. The van der Waals surface area contributed by atoms with Crippen molar-refractivity contribution in [2.45, 2.75) is 33.2 Å². The molecule has 2 aliphatic heterocycles. The summed E-state index contributed by atoms with van der Waals surface area (Å²) >= 11 is 1.75. The van der Waals surface area contributed by atoms with E-state index in [1.807, 2.05) is 18.2 Å². The van der Waals surface area contributed by atoms with Crippen LogP contribution >= 0.6 is 11.3 Å². The molecule has 30 heavy (non-hydrogen) atoms. The zero-order valence-electron chi connectivity index (χ0n) is 17.2. The third-order valence-electron chi connectivity index (χ3n) is 5.86. The first kappa shape index (κ1) is 19.2. The van der Waals surface area contributed by atoms with Crippen LogP contribution in [0.3, 0.4) is 0 Å². The number of fused-ring (bicyclic) bond motifs is 2. The van der Waals surface area contributed by atoms with E-state index in [-0.39, 0.29) is 18.6 Å². The average Bonchev–Trinajstić information content (AvgIpc) is 3.38. The van der Waals surface area contributed by atoms with Crippen LogP contribution in [0.25, 0.3) is 10.2 Å². The number of hydrogen-bond acceptors (Lipinski definition) is 6. The second kappa shape index (κ2) is 7.80. The second-order valence-electron chi connectivity index (χ2n) is 8.09. The number of hydrogen-bond donors (Lipinski definition) is 1. The first-order valence-electron chi connectivity index (χ1n) is 10.4. The van der Waals surface area contributed by atoms with Gasteiger partial charge in [0.15, 0.2) is 16.6 Å². The van der Waals surface area contributed by atoms with Gasteiger partial charge in [0.1, 0.15) is 0 Å². The van der Waals surface area contributed by atoms with E-state index in [1.165, 1.54) is 15.8 Å². The average molecular weight is 424 g/mol. The van der Waals surface area contributed by atoms with Crippen molar-refractivity contribution >= 4 is 32.6 Å². The molecule has 6 nitrogen and oxygen atoms in total. The Labute approximate surface area is 179 Å². The van der Waals surface area contributed by atoms with Gasteiger partial charge in [0.25, 0.3) is 0 Å². The molecule has 1 saturated heterocycles. The highest BCUT2D eigenvalue weighted by Gasteiger charge is 2.26. The van der Waals surface area contributed by atoms with E-state index in [9.17, 15) is 4.79 Å². The van der Waals surface area contributed by atoms with Crippen LogP contribution in [-0.2, 0) is 11.3 Å². The molecule has 0 radical (unpaired) electrons. The molecule has 0 aliphatic carbocycles. The van der Waals surface area contributed by atoms with Gasteiger partial charge >= 0.3 is 0 Å². The summed E-state index contributed by atoms with van der Waals surface area (Å²) in [6, 6.07) is 10.2. The molecule has 7 heteroatoms. The molecule has 0 unspecified atom stereocenters. The largest absolute Gasteiger partial charge is 0.454 e. The van der Waals surface area contributed by atoms with Gasteiger partial charge in [-0.15, -0.1) is 0 Å². The molecule has 0 saturated carbocycles. The molecule has 1 amide bonds. The minimum absolute atomic E-state index is 0.0496. The summed E-state index contributed by atoms with van der Waals surface area (Å²) in [5.74, 6) is 1.69. The standard InChI is InChI=1S/C23H25N3O3S/c1-14-9-15(2)21-20(10-14)30-23(25-21)26-7-5-17(6-8-26)22(27)24-12-16-3-4-18-19(11-16)29-13-28-18/h3-4,9-11,17H,5-8,12-13H2,1-2H3,(H,24,27). The summed E-state index contributed by atoms with van der Waals surface area (Å²) in [5, 5.41) is 4.15. The molecule has 1 fully saturated rings. The number of carbonyl (C=O) groups is 1. The van der Waals surface area contributed by atoms with Gasteiger partial charge in [0.05, 0.1) is 10.2 Å². The van der Waals surface area contributed by atoms with Crippen LogP contribution in [0.2, 0.25) is 0 Å². The molecule has 0 spiro atoms. The Morgan fingerprint density at radius 2 is 1.97 bits per heavy atom. The number of piperidine rings is 1. The summed E-state index contributed by atoms with van der Waals surface area (Å²) in [5.41, 5.74) is 4.62. The van der Waals surface area contributed by atoms with Gasteiger partial charge in [-0.05, 0) is 61.6 Å². The van der Waals surface area contributed by atoms with Gasteiger partial charge in [-0.1, -0.05) is 23.5 Å². The van der Waals surface area contributed by atoms with Crippen molar-refractivity contribution < 1.29 is 14.3 Å². The SMILES string of the molecule is Cc1cc(C)c2nc(N3CCC(C(=O)NCc4ccc5c(c4)OCO5)CC3)sc2c1. The molecule has 1 aromatic heterocycles. The molecule has 3 aromatic rings. The number of anilines is 1. The van der Waals surface area contributed by atoms with Crippen molar-refractivity contribution in [1.82, 2.24) is 10.3 Å². The number of nitrogens with zero attached hydrogens (tertiary/aromatic N) is 2. The van der Waals surface area contributed by atoms with Crippen LogP contribution in [0.15, 0.2) is 30.3 Å². The summed E-state index contributed by atoms with van der Waals surface area (Å²) < 4.78 is 12.0. The second-order valence-corrected chi connectivity index (χ2v) is 9.10. The molecule has 2 aliphatic rings. The Kier molecular flexibility index (Phi) is 4.98. The molecule has 1 N–H and O–H groups in total. The van der Waals surface area contributed by atoms with E-state index >= 15 is 0 Å². The van der Waals surface area contributed by atoms with Crippen molar-refractivity contribution in [3.8, 4) is 11.5 Å². The lowest BCUT2D eigenvalue weighted by atomic mass is 9.96. The number of benzene rings is 2. The molecule has 156 valence electrons. The zero-order valence-corrected chi connectivity index (χ0v) is 18.1. The highest BCUT2D eigenvalue weighted by Crippen LogP contribution is 2.34. The third-order valence-corrected chi connectivity index (χ3v) is 6.92. The van der Waals surface area contributed by atoms with Gasteiger partial charge in [0, 0.05) is 25.6 Å². The van der Waals surface area contributed by atoms with Crippen LogP contribution in [0.4, 0.5) is 5.13 Å². The number of nitrogens with one attached hydrogen (secondary N) is 1. The Balaban J connectivity index is 1.17. The van der Waals surface area contributed by atoms with E-state index in [0.717, 1.165) is 53.6 Å². The van der Waals surface area contributed by atoms with Gasteiger partial charge in [-0.3, -0.25) is 4.79 Å². The summed E-state index contributed by atoms with van der Waals surface area (Å²) in [4.78, 5) is 19.9. The maximum atomic E-state index is 12.7. The molecule has 0 atom stereocenters. The van der Waals surface area contributed by atoms with Crippen molar-refractivity contribution in [3.63, 3.8) is 0 Å². The smallest absolute Gasteiger partial charge is 0.231 e. The monoisotopic (exact) mass is 423 g/mol. The van der Waals surface area contributed by atoms with Crippen molar-refractivity contribution in [2.24, 2.45) is 5.92 Å². The van der Waals surface area contributed by atoms with E-state index in [2.05, 4.69) is 36.2 Å². The summed E-state index contributed by atoms with van der Waals surface area (Å²) in [6.45, 7) is 6.73. The number of rotatable bonds is 4. The Morgan fingerprint density at radius 1 is 1.17 bits per heavy atom. The van der Waals surface area contributed by atoms with Crippen LogP contribution in [0.5, 0.6) is 11.5 Å².